The van der Waals surface area contributed by atoms with Gasteiger partial charge in [0.25, 0.3) is 0 Å². The van der Waals surface area contributed by atoms with Gasteiger partial charge >= 0.3 is 0 Å². The molecular weight excluding hydrogens is 352 g/mol. The van der Waals surface area contributed by atoms with Crippen LogP contribution in [0.25, 0.3) is 55.1 Å². The first-order valence-electron chi connectivity index (χ1n) is 9.83. The first-order valence-corrected chi connectivity index (χ1v) is 9.83. The third kappa shape index (κ3) is 2.61. The molecule has 1 heterocycles. The molecule has 0 radical (unpaired) electrons. The second-order valence-electron chi connectivity index (χ2n) is 7.37. The monoisotopic (exact) mass is 370 g/mol. The van der Waals surface area contributed by atoms with Crippen molar-refractivity contribution >= 4 is 32.6 Å². The Balaban J connectivity index is 1.55. The lowest BCUT2D eigenvalue weighted by molar-refractivity contribution is 1.35. The summed E-state index contributed by atoms with van der Waals surface area (Å²) in [6.45, 7) is 0. The highest BCUT2D eigenvalue weighted by Gasteiger charge is 2.11. The van der Waals surface area contributed by atoms with Crippen LogP contribution in [0.15, 0.2) is 103 Å². The molecule has 0 aliphatic heterocycles. The Morgan fingerprint density at radius 2 is 1.38 bits per heavy atom. The normalized spacial score (nSPS) is 11.4. The highest BCUT2D eigenvalue weighted by molar-refractivity contribution is 6.11. The number of hydrogen-bond acceptors (Lipinski definition) is 1. The first-order chi connectivity index (χ1) is 14.4. The van der Waals surface area contributed by atoms with Gasteiger partial charge in [0, 0.05) is 5.56 Å². The fourth-order valence-electron chi connectivity index (χ4n) is 4.19. The molecule has 0 aliphatic rings. The average Bonchev–Trinajstić information content (AvgIpc) is 3.22. The van der Waals surface area contributed by atoms with Crippen LogP contribution in [0.1, 0.15) is 0 Å². The predicted molar refractivity (Wildman–Crippen MR) is 122 cm³/mol. The van der Waals surface area contributed by atoms with Crippen LogP contribution in [0.2, 0.25) is 0 Å². The molecule has 5 aromatic carbocycles. The third-order valence-corrected chi connectivity index (χ3v) is 5.63. The molecule has 0 amide bonds. The molecule has 29 heavy (non-hydrogen) atoms. The van der Waals surface area contributed by atoms with Crippen molar-refractivity contribution in [3.8, 4) is 22.5 Å². The standard InChI is InChI=1S/C27H18N2/c1-2-7-18(8-3-1)20-14-16-25-26(17-20)29-27(28-25)24-12-6-11-22-21-10-5-4-9-19(21)13-15-23(22)24/h1-17H,(H,28,29). The molecule has 2 heteroatoms. The van der Waals surface area contributed by atoms with Gasteiger partial charge in [0.2, 0.25) is 0 Å². The number of H-pyrrole nitrogens is 1. The van der Waals surface area contributed by atoms with E-state index in [1.165, 1.54) is 32.7 Å². The highest BCUT2D eigenvalue weighted by atomic mass is 14.9. The summed E-state index contributed by atoms with van der Waals surface area (Å²) in [5.74, 6) is 0.908. The molecule has 0 saturated heterocycles. The number of nitrogens with one attached hydrogen (secondary N) is 1. The van der Waals surface area contributed by atoms with E-state index in [-0.39, 0.29) is 0 Å². The fraction of sp³-hybridized carbons (Fsp3) is 0. The molecule has 1 N–H and O–H groups in total. The SMILES string of the molecule is c1ccc(-c2ccc3nc(-c4cccc5c4ccc4ccccc45)[nH]c3c2)cc1. The van der Waals surface area contributed by atoms with Gasteiger partial charge in [-0.2, -0.15) is 0 Å². The van der Waals surface area contributed by atoms with Crippen molar-refractivity contribution in [2.75, 3.05) is 0 Å². The summed E-state index contributed by atoms with van der Waals surface area (Å²) in [4.78, 5) is 8.44. The van der Waals surface area contributed by atoms with Crippen molar-refractivity contribution in [3.63, 3.8) is 0 Å². The average molecular weight is 370 g/mol. The van der Waals surface area contributed by atoms with E-state index < -0.39 is 0 Å². The van der Waals surface area contributed by atoms with Gasteiger partial charge in [-0.3, -0.25) is 0 Å². The van der Waals surface area contributed by atoms with E-state index in [4.69, 9.17) is 4.98 Å². The van der Waals surface area contributed by atoms with E-state index in [1.807, 2.05) is 6.07 Å². The zero-order valence-electron chi connectivity index (χ0n) is 15.8. The summed E-state index contributed by atoms with van der Waals surface area (Å²) < 4.78 is 0. The van der Waals surface area contributed by atoms with E-state index in [0.29, 0.717) is 0 Å². The molecule has 136 valence electrons. The highest BCUT2D eigenvalue weighted by Crippen LogP contribution is 2.33. The molecule has 0 spiro atoms. The third-order valence-electron chi connectivity index (χ3n) is 5.63. The zero-order chi connectivity index (χ0) is 19.2. The minimum Gasteiger partial charge on any atom is -0.338 e. The number of hydrogen-bond donors (Lipinski definition) is 1. The van der Waals surface area contributed by atoms with E-state index in [1.54, 1.807) is 0 Å². The lowest BCUT2D eigenvalue weighted by Gasteiger charge is -2.07. The summed E-state index contributed by atoms with van der Waals surface area (Å²) in [6.07, 6.45) is 0. The number of aromatic nitrogens is 2. The van der Waals surface area contributed by atoms with Crippen molar-refractivity contribution in [1.29, 1.82) is 0 Å². The molecule has 1 aromatic heterocycles. The molecule has 0 saturated carbocycles. The quantitative estimate of drug-likeness (QED) is 0.321. The molecule has 0 fully saturated rings. The van der Waals surface area contributed by atoms with E-state index >= 15 is 0 Å². The van der Waals surface area contributed by atoms with Crippen LogP contribution in [-0.4, -0.2) is 9.97 Å². The van der Waals surface area contributed by atoms with Crippen LogP contribution >= 0.6 is 0 Å². The summed E-state index contributed by atoms with van der Waals surface area (Å²) >= 11 is 0. The largest absolute Gasteiger partial charge is 0.338 e. The topological polar surface area (TPSA) is 28.7 Å². The van der Waals surface area contributed by atoms with Gasteiger partial charge < -0.3 is 4.98 Å². The Morgan fingerprint density at radius 3 is 2.31 bits per heavy atom. The van der Waals surface area contributed by atoms with Crippen molar-refractivity contribution in [3.05, 3.63) is 103 Å². The Hall–Kier alpha value is -3.91. The minimum atomic E-state index is 0.908. The van der Waals surface area contributed by atoms with Gasteiger partial charge in [-0.25, -0.2) is 4.98 Å². The Labute approximate surface area is 168 Å². The zero-order valence-corrected chi connectivity index (χ0v) is 15.8. The second-order valence-corrected chi connectivity index (χ2v) is 7.37. The first kappa shape index (κ1) is 16.1. The van der Waals surface area contributed by atoms with Crippen molar-refractivity contribution < 1.29 is 0 Å². The summed E-state index contributed by atoms with van der Waals surface area (Å²) in [7, 11) is 0. The van der Waals surface area contributed by atoms with Crippen LogP contribution in [0.3, 0.4) is 0 Å². The number of rotatable bonds is 2. The minimum absolute atomic E-state index is 0.908. The molecule has 0 bridgehead atoms. The van der Waals surface area contributed by atoms with E-state index in [9.17, 15) is 0 Å². The van der Waals surface area contributed by atoms with Crippen LogP contribution in [0, 0.1) is 0 Å². The van der Waals surface area contributed by atoms with Crippen molar-refractivity contribution in [2.24, 2.45) is 0 Å². The van der Waals surface area contributed by atoms with Gasteiger partial charge in [-0.1, -0.05) is 91.0 Å². The maximum Gasteiger partial charge on any atom is 0.139 e. The predicted octanol–water partition coefficient (Wildman–Crippen LogP) is 7.20. The Kier molecular flexibility index (Phi) is 3.50. The van der Waals surface area contributed by atoms with E-state index in [0.717, 1.165) is 22.4 Å². The number of nitrogens with zero attached hydrogens (tertiary/aromatic N) is 1. The second kappa shape index (κ2) is 6.32. The maximum atomic E-state index is 4.89. The number of aromatic amines is 1. The van der Waals surface area contributed by atoms with Crippen LogP contribution in [-0.2, 0) is 0 Å². The molecule has 0 atom stereocenters. The molecule has 0 aliphatic carbocycles. The smallest absolute Gasteiger partial charge is 0.139 e. The Bertz CT molecular complexity index is 1490. The van der Waals surface area contributed by atoms with Crippen LogP contribution in [0.5, 0.6) is 0 Å². The van der Waals surface area contributed by atoms with Crippen LogP contribution in [0.4, 0.5) is 0 Å². The van der Waals surface area contributed by atoms with Gasteiger partial charge in [0.1, 0.15) is 5.82 Å². The van der Waals surface area contributed by atoms with Crippen molar-refractivity contribution in [2.45, 2.75) is 0 Å². The molecule has 2 nitrogen and oxygen atoms in total. The van der Waals surface area contributed by atoms with Gasteiger partial charge in [-0.05, 0) is 44.8 Å². The van der Waals surface area contributed by atoms with Crippen LogP contribution < -0.4 is 0 Å². The molecule has 0 unspecified atom stereocenters. The molecule has 6 aromatic rings. The summed E-state index contributed by atoms with van der Waals surface area (Å²) in [5, 5.41) is 5.00. The Morgan fingerprint density at radius 1 is 0.552 bits per heavy atom. The van der Waals surface area contributed by atoms with Gasteiger partial charge in [0.05, 0.1) is 11.0 Å². The lowest BCUT2D eigenvalue weighted by Crippen LogP contribution is -1.84. The number of benzene rings is 5. The maximum absolute atomic E-state index is 4.89. The number of imidazole rings is 1. The van der Waals surface area contributed by atoms with Gasteiger partial charge in [0.15, 0.2) is 0 Å². The summed E-state index contributed by atoms with van der Waals surface area (Å²) in [5.41, 5.74) is 5.57. The lowest BCUT2D eigenvalue weighted by atomic mass is 9.98. The van der Waals surface area contributed by atoms with Crippen molar-refractivity contribution in [1.82, 2.24) is 9.97 Å². The summed E-state index contributed by atoms with van der Waals surface area (Å²) in [6, 6.07) is 36.2. The molecular formula is C27H18N2. The van der Waals surface area contributed by atoms with E-state index in [2.05, 4.69) is 102 Å². The number of fused-ring (bicyclic) bond motifs is 4. The van der Waals surface area contributed by atoms with Gasteiger partial charge in [-0.15, -0.1) is 0 Å². The fourth-order valence-corrected chi connectivity index (χ4v) is 4.19. The molecule has 6 rings (SSSR count).